The topological polar surface area (TPSA) is 32.3 Å². The maximum atomic E-state index is 12.5. The molecule has 1 aliphatic heterocycles. The molecule has 1 N–H and O–H groups in total. The smallest absolute Gasteiger partial charge is 0.226 e. The summed E-state index contributed by atoms with van der Waals surface area (Å²) in [6, 6.07) is 0.492. The molecule has 2 fully saturated rings. The van der Waals surface area contributed by atoms with E-state index in [2.05, 4.69) is 24.1 Å². The van der Waals surface area contributed by atoms with Crippen LogP contribution in [0.3, 0.4) is 0 Å². The lowest BCUT2D eigenvalue weighted by molar-refractivity contribution is -0.138. The van der Waals surface area contributed by atoms with Crippen LogP contribution in [0.2, 0.25) is 0 Å². The van der Waals surface area contributed by atoms with Gasteiger partial charge in [0.1, 0.15) is 0 Å². The van der Waals surface area contributed by atoms with Crippen LogP contribution in [0.1, 0.15) is 46.0 Å². The Balaban J connectivity index is 1.87. The summed E-state index contributed by atoms with van der Waals surface area (Å²) in [5, 5.41) is 3.38. The van der Waals surface area contributed by atoms with Crippen molar-refractivity contribution >= 4 is 5.91 Å². The molecule has 2 atom stereocenters. The van der Waals surface area contributed by atoms with Crippen LogP contribution in [0.15, 0.2) is 0 Å². The van der Waals surface area contributed by atoms with Crippen LogP contribution in [0.4, 0.5) is 0 Å². The number of carbonyl (C=O) groups excluding carboxylic acids is 1. The number of rotatable bonds is 2. The van der Waals surface area contributed by atoms with E-state index in [1.54, 1.807) is 0 Å². The van der Waals surface area contributed by atoms with Gasteiger partial charge in [-0.05, 0) is 50.5 Å². The molecule has 1 heterocycles. The molecule has 0 aromatic carbocycles. The summed E-state index contributed by atoms with van der Waals surface area (Å²) in [6.45, 7) is 6.49. The minimum absolute atomic E-state index is 0.207. The van der Waals surface area contributed by atoms with Crippen molar-refractivity contribution in [1.82, 2.24) is 10.2 Å². The van der Waals surface area contributed by atoms with E-state index in [1.807, 2.05) is 7.05 Å². The van der Waals surface area contributed by atoms with Gasteiger partial charge in [0, 0.05) is 19.6 Å². The molecule has 0 spiro atoms. The van der Waals surface area contributed by atoms with E-state index in [0.717, 1.165) is 25.4 Å². The van der Waals surface area contributed by atoms with E-state index < -0.39 is 0 Å². The molecule has 0 radical (unpaired) electrons. The molecule has 1 saturated carbocycles. The predicted octanol–water partition coefficient (Wildman–Crippen LogP) is 2.27. The van der Waals surface area contributed by atoms with E-state index in [1.165, 1.54) is 25.7 Å². The lowest BCUT2D eigenvalue weighted by atomic mass is 9.85. The zero-order valence-corrected chi connectivity index (χ0v) is 12.1. The minimum Gasteiger partial charge on any atom is -0.342 e. The van der Waals surface area contributed by atoms with Gasteiger partial charge in [-0.1, -0.05) is 13.8 Å². The molecule has 0 aromatic heterocycles. The van der Waals surface area contributed by atoms with Gasteiger partial charge in [0.25, 0.3) is 0 Å². The summed E-state index contributed by atoms with van der Waals surface area (Å²) in [5.41, 5.74) is 0. The molecule has 104 valence electrons. The molecule has 18 heavy (non-hydrogen) atoms. The Morgan fingerprint density at radius 2 is 1.72 bits per heavy atom. The van der Waals surface area contributed by atoms with Gasteiger partial charge in [0.15, 0.2) is 0 Å². The zero-order valence-electron chi connectivity index (χ0n) is 12.1. The Kier molecular flexibility index (Phi) is 4.66. The first kappa shape index (κ1) is 13.9. The van der Waals surface area contributed by atoms with Crippen molar-refractivity contribution in [2.24, 2.45) is 17.8 Å². The Labute approximate surface area is 111 Å². The fraction of sp³-hybridized carbons (Fsp3) is 0.933. The fourth-order valence-corrected chi connectivity index (χ4v) is 3.44. The minimum atomic E-state index is 0.207. The lowest BCUT2D eigenvalue weighted by Gasteiger charge is -2.37. The summed E-state index contributed by atoms with van der Waals surface area (Å²) >= 11 is 0. The van der Waals surface area contributed by atoms with Gasteiger partial charge < -0.3 is 10.2 Å². The van der Waals surface area contributed by atoms with Crippen LogP contribution in [0, 0.1) is 17.8 Å². The van der Waals surface area contributed by atoms with Gasteiger partial charge in [-0.3, -0.25) is 4.79 Å². The molecule has 3 nitrogen and oxygen atoms in total. The summed E-state index contributed by atoms with van der Waals surface area (Å²) < 4.78 is 0. The van der Waals surface area contributed by atoms with Crippen molar-refractivity contribution in [2.45, 2.75) is 52.0 Å². The molecule has 1 amide bonds. The van der Waals surface area contributed by atoms with Gasteiger partial charge in [-0.15, -0.1) is 0 Å². The van der Waals surface area contributed by atoms with Crippen molar-refractivity contribution in [1.29, 1.82) is 0 Å². The number of carbonyl (C=O) groups is 1. The third-order valence-electron chi connectivity index (χ3n) is 4.80. The van der Waals surface area contributed by atoms with E-state index >= 15 is 0 Å². The molecule has 0 bridgehead atoms. The molecule has 2 aliphatic rings. The number of hydrogen-bond donors (Lipinski definition) is 1. The first-order valence-electron chi connectivity index (χ1n) is 7.55. The molecular formula is C15H28N2O. The molecular weight excluding hydrogens is 224 g/mol. The Morgan fingerprint density at radius 3 is 2.33 bits per heavy atom. The van der Waals surface area contributed by atoms with Gasteiger partial charge in [0.2, 0.25) is 5.91 Å². The third kappa shape index (κ3) is 3.25. The largest absolute Gasteiger partial charge is 0.342 e. The standard InChI is InChI=1S/C15H28N2O/c1-11-4-6-14(7-5-11)17(3)15(18)13-8-12(2)9-16-10-13/h11-14,16H,4-10H2,1-3H3. The SMILES string of the molecule is CC1CCC(N(C)C(=O)C2CNCC(C)C2)CC1. The van der Waals surface area contributed by atoms with E-state index in [4.69, 9.17) is 0 Å². The predicted molar refractivity (Wildman–Crippen MR) is 74.3 cm³/mol. The van der Waals surface area contributed by atoms with Crippen molar-refractivity contribution in [2.75, 3.05) is 20.1 Å². The summed E-state index contributed by atoms with van der Waals surface area (Å²) in [7, 11) is 2.02. The highest BCUT2D eigenvalue weighted by atomic mass is 16.2. The molecule has 3 heteroatoms. The van der Waals surface area contributed by atoms with Crippen molar-refractivity contribution < 1.29 is 4.79 Å². The highest BCUT2D eigenvalue weighted by Crippen LogP contribution is 2.28. The highest BCUT2D eigenvalue weighted by Gasteiger charge is 2.31. The number of piperidine rings is 1. The second-order valence-electron chi connectivity index (χ2n) is 6.56. The summed E-state index contributed by atoms with van der Waals surface area (Å²) in [6.07, 6.45) is 6.00. The number of hydrogen-bond acceptors (Lipinski definition) is 2. The van der Waals surface area contributed by atoms with Crippen LogP contribution in [0.5, 0.6) is 0 Å². The van der Waals surface area contributed by atoms with Crippen LogP contribution in [-0.2, 0) is 4.79 Å². The number of nitrogens with zero attached hydrogens (tertiary/aromatic N) is 1. The van der Waals surface area contributed by atoms with Crippen molar-refractivity contribution in [3.63, 3.8) is 0 Å². The Bertz CT molecular complexity index is 284. The van der Waals surface area contributed by atoms with Gasteiger partial charge in [-0.25, -0.2) is 0 Å². The summed E-state index contributed by atoms with van der Waals surface area (Å²) in [4.78, 5) is 14.6. The highest BCUT2D eigenvalue weighted by molar-refractivity contribution is 5.79. The molecule has 0 aromatic rings. The molecule has 2 unspecified atom stereocenters. The van der Waals surface area contributed by atoms with Crippen LogP contribution in [0.25, 0.3) is 0 Å². The molecule has 2 rings (SSSR count). The summed E-state index contributed by atoms with van der Waals surface area (Å²) in [5.74, 6) is 2.06. The average Bonchev–Trinajstić information content (AvgIpc) is 2.38. The second kappa shape index (κ2) is 6.05. The second-order valence-corrected chi connectivity index (χ2v) is 6.56. The van der Waals surface area contributed by atoms with E-state index in [-0.39, 0.29) is 5.92 Å². The average molecular weight is 252 g/mol. The maximum Gasteiger partial charge on any atom is 0.226 e. The monoisotopic (exact) mass is 252 g/mol. The third-order valence-corrected chi connectivity index (χ3v) is 4.80. The fourth-order valence-electron chi connectivity index (χ4n) is 3.44. The number of nitrogens with one attached hydrogen (secondary N) is 1. The first-order chi connectivity index (χ1) is 8.58. The van der Waals surface area contributed by atoms with Gasteiger partial charge in [-0.2, -0.15) is 0 Å². The molecule has 1 saturated heterocycles. The normalized spacial score (nSPS) is 37.3. The van der Waals surface area contributed by atoms with E-state index in [0.29, 0.717) is 17.9 Å². The van der Waals surface area contributed by atoms with E-state index in [9.17, 15) is 4.79 Å². The quantitative estimate of drug-likeness (QED) is 0.817. The zero-order chi connectivity index (χ0) is 13.1. The number of amides is 1. The van der Waals surface area contributed by atoms with Gasteiger partial charge >= 0.3 is 0 Å². The lowest BCUT2D eigenvalue weighted by Crippen LogP contribution is -2.47. The maximum absolute atomic E-state index is 12.5. The van der Waals surface area contributed by atoms with Crippen molar-refractivity contribution in [3.8, 4) is 0 Å². The first-order valence-corrected chi connectivity index (χ1v) is 7.55. The Hall–Kier alpha value is -0.570. The van der Waals surface area contributed by atoms with Crippen LogP contribution in [-0.4, -0.2) is 37.0 Å². The van der Waals surface area contributed by atoms with Crippen LogP contribution < -0.4 is 5.32 Å². The Morgan fingerprint density at radius 1 is 1.06 bits per heavy atom. The van der Waals surface area contributed by atoms with Crippen LogP contribution >= 0.6 is 0 Å². The van der Waals surface area contributed by atoms with Gasteiger partial charge in [0.05, 0.1) is 5.92 Å². The molecule has 1 aliphatic carbocycles. The van der Waals surface area contributed by atoms with Crippen molar-refractivity contribution in [3.05, 3.63) is 0 Å².